The third-order valence-corrected chi connectivity index (χ3v) is 4.94. The fourth-order valence-corrected chi connectivity index (χ4v) is 3.73. The Kier molecular flexibility index (Phi) is 3.31. The summed E-state index contributed by atoms with van der Waals surface area (Å²) in [4.78, 5) is 37.3. The maximum Gasteiger partial charge on any atom is 0.325 e. The van der Waals surface area contributed by atoms with Crippen molar-refractivity contribution >= 4 is 17.6 Å². The van der Waals surface area contributed by atoms with Gasteiger partial charge in [0.25, 0.3) is 11.6 Å². The van der Waals surface area contributed by atoms with E-state index < -0.39 is 16.5 Å². The number of nitrogens with one attached hydrogen (secondary N) is 1. The molecule has 2 aromatic carbocycles. The standard InChI is InChI=1S/C18H15N3O4/c22-16-18(10-9-12-5-1-3-7-14(12)18)19-17(23)20(16)11-13-6-2-4-8-15(13)21(24)25/h1-8H,9-11H2,(H,19,23). The molecule has 1 atom stereocenters. The second-order valence-corrected chi connectivity index (χ2v) is 6.27. The van der Waals surface area contributed by atoms with E-state index in [4.69, 9.17) is 0 Å². The Labute approximate surface area is 143 Å². The SMILES string of the molecule is O=C1NC2(CCc3ccccc32)C(=O)N1Cc1ccccc1[N+](=O)[O-]. The first-order valence-electron chi connectivity index (χ1n) is 7.98. The van der Waals surface area contributed by atoms with Gasteiger partial charge < -0.3 is 5.32 Å². The van der Waals surface area contributed by atoms with Crippen LogP contribution in [0.15, 0.2) is 48.5 Å². The summed E-state index contributed by atoms with van der Waals surface area (Å²) in [5.41, 5.74) is 1.05. The number of hydrogen-bond donors (Lipinski definition) is 1. The van der Waals surface area contributed by atoms with Gasteiger partial charge in [-0.25, -0.2) is 4.79 Å². The van der Waals surface area contributed by atoms with E-state index in [1.807, 2.05) is 24.3 Å². The van der Waals surface area contributed by atoms with Crippen LogP contribution in [0.25, 0.3) is 0 Å². The highest BCUT2D eigenvalue weighted by molar-refractivity contribution is 6.08. The van der Waals surface area contributed by atoms with Gasteiger partial charge in [0.05, 0.1) is 11.5 Å². The van der Waals surface area contributed by atoms with Crippen LogP contribution in [-0.4, -0.2) is 21.8 Å². The fourth-order valence-electron chi connectivity index (χ4n) is 3.73. The van der Waals surface area contributed by atoms with Gasteiger partial charge in [-0.3, -0.25) is 19.8 Å². The number of amides is 3. The van der Waals surface area contributed by atoms with Crippen LogP contribution in [0.1, 0.15) is 23.1 Å². The maximum absolute atomic E-state index is 13.1. The summed E-state index contributed by atoms with van der Waals surface area (Å²) in [5.74, 6) is -0.347. The average Bonchev–Trinajstić information content (AvgIpc) is 3.09. The molecule has 0 radical (unpaired) electrons. The minimum Gasteiger partial charge on any atom is -0.319 e. The number of nitrogens with zero attached hydrogens (tertiary/aromatic N) is 2. The lowest BCUT2D eigenvalue weighted by Crippen LogP contribution is -2.41. The highest BCUT2D eigenvalue weighted by atomic mass is 16.6. The zero-order valence-electron chi connectivity index (χ0n) is 13.3. The lowest BCUT2D eigenvalue weighted by atomic mass is 9.92. The second kappa shape index (κ2) is 5.41. The summed E-state index contributed by atoms with van der Waals surface area (Å²) in [6.07, 6.45) is 1.21. The van der Waals surface area contributed by atoms with Crippen LogP contribution in [0, 0.1) is 10.1 Å². The number of benzene rings is 2. The summed E-state index contributed by atoms with van der Waals surface area (Å²) in [6.45, 7) is -0.119. The zero-order chi connectivity index (χ0) is 17.6. The Balaban J connectivity index is 1.69. The van der Waals surface area contributed by atoms with Gasteiger partial charge in [0, 0.05) is 11.6 Å². The smallest absolute Gasteiger partial charge is 0.319 e. The number of nitro benzene ring substituents is 1. The minimum absolute atomic E-state index is 0.101. The van der Waals surface area contributed by atoms with Crippen molar-refractivity contribution in [1.82, 2.24) is 10.2 Å². The monoisotopic (exact) mass is 337 g/mol. The van der Waals surface area contributed by atoms with Crippen LogP contribution in [0.4, 0.5) is 10.5 Å². The number of aryl methyl sites for hydroxylation is 1. The van der Waals surface area contributed by atoms with Crippen LogP contribution < -0.4 is 5.32 Å². The first kappa shape index (κ1) is 15.3. The highest BCUT2D eigenvalue weighted by Crippen LogP contribution is 2.41. The Hall–Kier alpha value is -3.22. The lowest BCUT2D eigenvalue weighted by Gasteiger charge is -2.22. The van der Waals surface area contributed by atoms with Gasteiger partial charge in [-0.2, -0.15) is 0 Å². The summed E-state index contributed by atoms with van der Waals surface area (Å²) in [6, 6.07) is 13.2. The van der Waals surface area contributed by atoms with Gasteiger partial charge in [0.2, 0.25) is 0 Å². The van der Waals surface area contributed by atoms with Crippen molar-refractivity contribution < 1.29 is 14.5 Å². The number of para-hydroxylation sites is 1. The zero-order valence-corrected chi connectivity index (χ0v) is 13.3. The molecular weight excluding hydrogens is 322 g/mol. The number of imide groups is 1. The van der Waals surface area contributed by atoms with Crippen molar-refractivity contribution in [3.05, 3.63) is 75.3 Å². The second-order valence-electron chi connectivity index (χ2n) is 6.27. The van der Waals surface area contributed by atoms with Gasteiger partial charge >= 0.3 is 6.03 Å². The quantitative estimate of drug-likeness (QED) is 0.529. The third-order valence-electron chi connectivity index (χ3n) is 4.94. The Bertz CT molecular complexity index is 911. The third kappa shape index (κ3) is 2.20. The predicted molar refractivity (Wildman–Crippen MR) is 88.6 cm³/mol. The van der Waals surface area contributed by atoms with Crippen molar-refractivity contribution in [3.63, 3.8) is 0 Å². The molecule has 7 heteroatoms. The van der Waals surface area contributed by atoms with Crippen molar-refractivity contribution in [3.8, 4) is 0 Å². The van der Waals surface area contributed by atoms with Gasteiger partial charge in [-0.15, -0.1) is 0 Å². The average molecular weight is 337 g/mol. The molecule has 1 aliphatic carbocycles. The first-order valence-corrected chi connectivity index (χ1v) is 7.98. The summed E-state index contributed by atoms with van der Waals surface area (Å²) >= 11 is 0. The Morgan fingerprint density at radius 1 is 1.12 bits per heavy atom. The molecule has 1 aliphatic heterocycles. The van der Waals surface area contributed by atoms with E-state index in [-0.39, 0.29) is 18.1 Å². The molecule has 1 fully saturated rings. The molecule has 4 rings (SSSR count). The molecule has 2 aliphatic rings. The molecule has 0 bridgehead atoms. The number of fused-ring (bicyclic) bond motifs is 2. The normalized spacial score (nSPS) is 21.5. The molecule has 1 saturated heterocycles. The molecule has 126 valence electrons. The number of rotatable bonds is 3. The number of hydrogen-bond acceptors (Lipinski definition) is 4. The van der Waals surface area contributed by atoms with Crippen molar-refractivity contribution in [2.45, 2.75) is 24.9 Å². The summed E-state index contributed by atoms with van der Waals surface area (Å²) < 4.78 is 0. The lowest BCUT2D eigenvalue weighted by molar-refractivity contribution is -0.385. The van der Waals surface area contributed by atoms with E-state index in [0.717, 1.165) is 16.0 Å². The van der Waals surface area contributed by atoms with Crippen LogP contribution in [0.5, 0.6) is 0 Å². The topological polar surface area (TPSA) is 92.6 Å². The van der Waals surface area contributed by atoms with Crippen molar-refractivity contribution in [1.29, 1.82) is 0 Å². The largest absolute Gasteiger partial charge is 0.325 e. The number of carbonyl (C=O) groups excluding carboxylic acids is 2. The summed E-state index contributed by atoms with van der Waals surface area (Å²) in [5, 5.41) is 14.0. The Morgan fingerprint density at radius 3 is 2.64 bits per heavy atom. The fraction of sp³-hybridized carbons (Fsp3) is 0.222. The van der Waals surface area contributed by atoms with Crippen LogP contribution in [0.3, 0.4) is 0 Å². The first-order chi connectivity index (χ1) is 12.0. The molecule has 25 heavy (non-hydrogen) atoms. The van der Waals surface area contributed by atoms with Crippen molar-refractivity contribution in [2.75, 3.05) is 0 Å². The molecule has 1 N–H and O–H groups in total. The Morgan fingerprint density at radius 2 is 1.84 bits per heavy atom. The van der Waals surface area contributed by atoms with E-state index in [2.05, 4.69) is 5.32 Å². The molecule has 0 saturated carbocycles. The van der Waals surface area contributed by atoms with Gasteiger partial charge in [-0.1, -0.05) is 42.5 Å². The molecule has 1 spiro atoms. The van der Waals surface area contributed by atoms with Crippen molar-refractivity contribution in [2.24, 2.45) is 0 Å². The van der Waals surface area contributed by atoms with E-state index in [0.29, 0.717) is 18.4 Å². The number of urea groups is 1. The molecule has 7 nitrogen and oxygen atoms in total. The predicted octanol–water partition coefficient (Wildman–Crippen LogP) is 2.49. The van der Waals surface area contributed by atoms with Gasteiger partial charge in [0.1, 0.15) is 5.54 Å². The number of carbonyl (C=O) groups is 2. The molecule has 1 heterocycles. The van der Waals surface area contributed by atoms with Gasteiger partial charge in [0.15, 0.2) is 0 Å². The molecule has 1 unspecified atom stereocenters. The van der Waals surface area contributed by atoms with Gasteiger partial charge in [-0.05, 0) is 24.0 Å². The van der Waals surface area contributed by atoms with Crippen LogP contribution in [0.2, 0.25) is 0 Å². The molecular formula is C18H15N3O4. The number of nitro groups is 1. The molecule has 2 aromatic rings. The van der Waals surface area contributed by atoms with E-state index in [1.54, 1.807) is 18.2 Å². The van der Waals surface area contributed by atoms with E-state index in [1.165, 1.54) is 6.07 Å². The molecule has 0 aromatic heterocycles. The van der Waals surface area contributed by atoms with Crippen LogP contribution >= 0.6 is 0 Å². The summed E-state index contributed by atoms with van der Waals surface area (Å²) in [7, 11) is 0. The maximum atomic E-state index is 13.1. The minimum atomic E-state index is -1.04. The molecule has 3 amide bonds. The van der Waals surface area contributed by atoms with E-state index >= 15 is 0 Å². The highest BCUT2D eigenvalue weighted by Gasteiger charge is 2.55. The van der Waals surface area contributed by atoms with Crippen LogP contribution in [-0.2, 0) is 23.3 Å². The van der Waals surface area contributed by atoms with E-state index in [9.17, 15) is 19.7 Å².